The van der Waals surface area contributed by atoms with E-state index < -0.39 is 28.4 Å². The molecule has 4 aromatic heterocycles. The Hall–Kier alpha value is -6.01. The van der Waals surface area contributed by atoms with Crippen LogP contribution in [0.25, 0.3) is 33.2 Å². The van der Waals surface area contributed by atoms with Crippen molar-refractivity contribution in [3.05, 3.63) is 134 Å². The van der Waals surface area contributed by atoms with Crippen molar-refractivity contribution >= 4 is 28.0 Å². The molecule has 12 heteroatoms. The zero-order valence-corrected chi connectivity index (χ0v) is 23.8. The highest BCUT2D eigenvalue weighted by Crippen LogP contribution is 2.26. The van der Waals surface area contributed by atoms with Gasteiger partial charge in [-0.25, -0.2) is 14.8 Å². The molecule has 0 aliphatic rings. The minimum Gasteiger partial charge on any atom is -0.506 e. The number of rotatable bonds is 8. The first-order valence-electron chi connectivity index (χ1n) is 14.0. The van der Waals surface area contributed by atoms with Crippen molar-refractivity contribution in [2.45, 2.75) is 19.4 Å². The van der Waals surface area contributed by atoms with Crippen LogP contribution in [0, 0.1) is 0 Å². The molecule has 4 heterocycles. The van der Waals surface area contributed by atoms with Gasteiger partial charge in [-0.15, -0.1) is 9.46 Å². The number of hydrogen-bond donors (Lipinski definition) is 4. The van der Waals surface area contributed by atoms with Gasteiger partial charge in [-0.05, 0) is 64.1 Å². The molecule has 0 spiro atoms. The van der Waals surface area contributed by atoms with E-state index in [2.05, 4.69) is 9.97 Å². The third-order valence-corrected chi connectivity index (χ3v) is 7.53. The number of benzene rings is 2. The second kappa shape index (κ2) is 11.9. The third kappa shape index (κ3) is 5.57. The van der Waals surface area contributed by atoms with E-state index in [0.29, 0.717) is 34.2 Å². The summed E-state index contributed by atoms with van der Waals surface area (Å²) in [5.74, 6) is -1.77. The van der Waals surface area contributed by atoms with Crippen molar-refractivity contribution in [3.63, 3.8) is 0 Å². The number of nitrogens with zero attached hydrogens (tertiary/aromatic N) is 4. The van der Waals surface area contributed by atoms with Crippen LogP contribution in [0.15, 0.2) is 94.8 Å². The summed E-state index contributed by atoms with van der Waals surface area (Å²) >= 11 is 0. The summed E-state index contributed by atoms with van der Waals surface area (Å²) in [6, 6.07) is 21.9. The lowest BCUT2D eigenvalue weighted by molar-refractivity contribution is 0.0498. The lowest BCUT2D eigenvalue weighted by atomic mass is 9.98. The number of nitrogens with two attached hydrogens (primary N) is 1. The minimum absolute atomic E-state index is 0.00305. The van der Waals surface area contributed by atoms with Crippen molar-refractivity contribution in [3.8, 4) is 16.9 Å². The monoisotopic (exact) mass is 605 g/mol. The highest BCUT2D eigenvalue weighted by Gasteiger charge is 2.24. The molecule has 0 fully saturated rings. The van der Waals surface area contributed by atoms with Crippen molar-refractivity contribution in [2.24, 2.45) is 5.73 Å². The quantitative estimate of drug-likeness (QED) is 0.148. The van der Waals surface area contributed by atoms with E-state index in [1.807, 2.05) is 48.5 Å². The van der Waals surface area contributed by atoms with E-state index in [-0.39, 0.29) is 34.4 Å². The van der Waals surface area contributed by atoms with Crippen LogP contribution in [0.3, 0.4) is 0 Å². The molecule has 0 aliphatic carbocycles. The Kier molecular flexibility index (Phi) is 7.71. The fraction of sp³-hybridized carbons (Fsp3) is 0.121. The Morgan fingerprint density at radius 1 is 0.822 bits per heavy atom. The van der Waals surface area contributed by atoms with Gasteiger partial charge in [-0.1, -0.05) is 42.5 Å². The van der Waals surface area contributed by atoms with E-state index in [9.17, 15) is 29.9 Å². The summed E-state index contributed by atoms with van der Waals surface area (Å²) in [6.45, 7) is 0.257. The molecule has 12 nitrogen and oxygen atoms in total. The maximum absolute atomic E-state index is 12.8. The normalized spacial score (nSPS) is 11.2. The summed E-state index contributed by atoms with van der Waals surface area (Å²) in [5, 5.41) is 31.6. The largest absolute Gasteiger partial charge is 0.506 e. The predicted molar refractivity (Wildman–Crippen MR) is 165 cm³/mol. The molecule has 6 rings (SSSR count). The topological polar surface area (TPSA) is 183 Å². The Bertz CT molecular complexity index is 2210. The average Bonchev–Trinajstić information content (AvgIpc) is 3.06. The van der Waals surface area contributed by atoms with E-state index in [0.717, 1.165) is 22.3 Å². The number of pyridine rings is 4. The van der Waals surface area contributed by atoms with Gasteiger partial charge in [0.15, 0.2) is 16.9 Å². The lowest BCUT2D eigenvalue weighted by Gasteiger charge is -2.12. The Labute approximate surface area is 254 Å². The first-order chi connectivity index (χ1) is 21.7. The molecule has 0 radical (unpaired) electrons. The summed E-state index contributed by atoms with van der Waals surface area (Å²) in [5.41, 5.74) is 8.43. The van der Waals surface area contributed by atoms with Crippen LogP contribution in [0.5, 0.6) is 5.75 Å². The van der Waals surface area contributed by atoms with Gasteiger partial charge < -0.3 is 26.0 Å². The standard InChI is InChI=1S/C33H27N5O7/c34-17-20-3-1-4-23(14-20)22-8-6-19(7-9-22)13-24-16-27(39)37(43)31-26(24)15-21(18-36-31)10-12-45-33(42)28-29(40)25-5-2-11-35-30(25)38(44)32(28)41/h1-9,11,14-16,18,40,43-44H,10,12-13,17,34H2. The summed E-state index contributed by atoms with van der Waals surface area (Å²) in [7, 11) is 0. The summed E-state index contributed by atoms with van der Waals surface area (Å²) in [4.78, 5) is 45.9. The molecule has 5 N–H and O–H groups in total. The van der Waals surface area contributed by atoms with Gasteiger partial charge in [0, 0.05) is 36.8 Å². The molecule has 0 saturated heterocycles. The smallest absolute Gasteiger partial charge is 0.347 e. The van der Waals surface area contributed by atoms with E-state index in [1.165, 1.54) is 30.6 Å². The number of esters is 1. The van der Waals surface area contributed by atoms with E-state index >= 15 is 0 Å². The minimum atomic E-state index is -1.17. The van der Waals surface area contributed by atoms with Crippen LogP contribution in [-0.4, -0.2) is 47.5 Å². The maximum atomic E-state index is 12.8. The van der Waals surface area contributed by atoms with Crippen molar-refractivity contribution in [2.75, 3.05) is 6.61 Å². The SMILES string of the molecule is NCc1cccc(-c2ccc(Cc3cc(=O)n(O)c4ncc(CCOC(=O)c5c(O)c6cccnc6n(O)c5=O)cc34)cc2)c1. The molecule has 226 valence electrons. The van der Waals surface area contributed by atoms with Crippen LogP contribution >= 0.6 is 0 Å². The van der Waals surface area contributed by atoms with Gasteiger partial charge in [-0.3, -0.25) is 9.59 Å². The van der Waals surface area contributed by atoms with Gasteiger partial charge >= 0.3 is 11.5 Å². The molecule has 6 aromatic rings. The van der Waals surface area contributed by atoms with Gasteiger partial charge in [0.05, 0.1) is 12.0 Å². The zero-order chi connectivity index (χ0) is 31.7. The van der Waals surface area contributed by atoms with Gasteiger partial charge in [0.25, 0.3) is 5.56 Å². The molecule has 0 saturated carbocycles. The third-order valence-electron chi connectivity index (χ3n) is 7.53. The summed E-state index contributed by atoms with van der Waals surface area (Å²) < 4.78 is 5.92. The highest BCUT2D eigenvalue weighted by molar-refractivity contribution is 5.98. The van der Waals surface area contributed by atoms with Crippen LogP contribution in [-0.2, 0) is 24.1 Å². The van der Waals surface area contributed by atoms with Crippen LogP contribution < -0.4 is 16.9 Å². The Morgan fingerprint density at radius 3 is 2.38 bits per heavy atom. The number of fused-ring (bicyclic) bond motifs is 2. The number of aromatic hydroxyl groups is 1. The molecule has 45 heavy (non-hydrogen) atoms. The van der Waals surface area contributed by atoms with E-state index in [1.54, 1.807) is 6.07 Å². The lowest BCUT2D eigenvalue weighted by Crippen LogP contribution is -2.27. The first-order valence-corrected chi connectivity index (χ1v) is 14.0. The van der Waals surface area contributed by atoms with Gasteiger partial charge in [0.1, 0.15) is 5.75 Å². The number of carbonyl (C=O) groups is 1. The summed E-state index contributed by atoms with van der Waals surface area (Å²) in [6.07, 6.45) is 3.32. The van der Waals surface area contributed by atoms with Crippen LogP contribution in [0.4, 0.5) is 0 Å². The second-order valence-corrected chi connectivity index (χ2v) is 10.4. The maximum Gasteiger partial charge on any atom is 0.347 e. The Morgan fingerprint density at radius 2 is 1.60 bits per heavy atom. The zero-order valence-electron chi connectivity index (χ0n) is 23.8. The molecule has 0 aliphatic heterocycles. The molecular weight excluding hydrogens is 578 g/mol. The van der Waals surface area contributed by atoms with Crippen molar-refractivity contribution < 1.29 is 25.1 Å². The fourth-order valence-electron chi connectivity index (χ4n) is 5.20. The number of aromatic nitrogens is 4. The number of hydrogen-bond acceptors (Lipinski definition) is 10. The molecule has 0 bridgehead atoms. The van der Waals surface area contributed by atoms with Gasteiger partial charge in [-0.2, -0.15) is 0 Å². The van der Waals surface area contributed by atoms with Crippen molar-refractivity contribution in [1.29, 1.82) is 0 Å². The molecule has 0 unspecified atom stereocenters. The van der Waals surface area contributed by atoms with Gasteiger partial charge in [0.2, 0.25) is 0 Å². The highest BCUT2D eigenvalue weighted by atomic mass is 16.5. The first kappa shape index (κ1) is 29.1. The molecule has 0 amide bonds. The predicted octanol–water partition coefficient (Wildman–Crippen LogP) is 3.40. The molecule has 0 atom stereocenters. The average molecular weight is 606 g/mol. The molecular formula is C33H27N5O7. The van der Waals surface area contributed by atoms with Crippen LogP contribution in [0.1, 0.15) is 32.6 Å². The fourth-order valence-corrected chi connectivity index (χ4v) is 5.20. The van der Waals surface area contributed by atoms with E-state index in [4.69, 9.17) is 10.5 Å². The number of ether oxygens (including phenoxy) is 1. The number of carbonyl (C=O) groups excluding carboxylic acids is 1. The second-order valence-electron chi connectivity index (χ2n) is 10.4. The van der Waals surface area contributed by atoms with Crippen LogP contribution in [0.2, 0.25) is 0 Å². The molecule has 2 aromatic carbocycles. The Balaban J connectivity index is 1.22. The van der Waals surface area contributed by atoms with Crippen molar-refractivity contribution in [1.82, 2.24) is 19.4 Å².